The third kappa shape index (κ3) is 4.92. The van der Waals surface area contributed by atoms with Crippen molar-refractivity contribution in [1.29, 1.82) is 0 Å². The van der Waals surface area contributed by atoms with E-state index in [1.54, 1.807) is 42.5 Å². The molecule has 0 aromatic heterocycles. The highest BCUT2D eigenvalue weighted by atomic mass is 32.2. The van der Waals surface area contributed by atoms with Gasteiger partial charge in [-0.1, -0.05) is 60.2 Å². The molecule has 3 aromatic rings. The van der Waals surface area contributed by atoms with Gasteiger partial charge in [0.25, 0.3) is 11.1 Å². The van der Waals surface area contributed by atoms with Crippen molar-refractivity contribution >= 4 is 35.0 Å². The van der Waals surface area contributed by atoms with Crippen LogP contribution < -0.4 is 4.74 Å². The molecule has 1 fully saturated rings. The average Bonchev–Trinajstić information content (AvgIpc) is 3.03. The van der Waals surface area contributed by atoms with Gasteiger partial charge in [0.05, 0.1) is 17.0 Å². The highest BCUT2D eigenvalue weighted by molar-refractivity contribution is 8.18. The minimum atomic E-state index is -0.435. The molecule has 1 aliphatic heterocycles. The first-order chi connectivity index (χ1) is 15.0. The molecule has 0 aliphatic carbocycles. The summed E-state index contributed by atoms with van der Waals surface area (Å²) in [7, 11) is 0. The van der Waals surface area contributed by atoms with Crippen molar-refractivity contribution in [2.24, 2.45) is 0 Å². The van der Waals surface area contributed by atoms with Crippen LogP contribution in [0.4, 0.5) is 4.79 Å². The molecule has 31 heavy (non-hydrogen) atoms. The minimum absolute atomic E-state index is 0.247. The predicted molar refractivity (Wildman–Crippen MR) is 121 cm³/mol. The number of aryl methyl sites for hydroxylation is 1. The minimum Gasteiger partial charge on any atom is -0.423 e. The molecule has 1 aliphatic rings. The zero-order chi connectivity index (χ0) is 21.8. The lowest BCUT2D eigenvalue weighted by Gasteiger charge is -2.12. The Balaban J connectivity index is 1.43. The Labute approximate surface area is 184 Å². The molecule has 1 saturated heterocycles. The molecule has 6 heteroatoms. The van der Waals surface area contributed by atoms with Gasteiger partial charge in [0.2, 0.25) is 0 Å². The van der Waals surface area contributed by atoms with E-state index < -0.39 is 5.97 Å². The fraction of sp³-hybridized carbons (Fsp3) is 0.0800. The van der Waals surface area contributed by atoms with Gasteiger partial charge in [-0.05, 0) is 60.2 Å². The van der Waals surface area contributed by atoms with Gasteiger partial charge in [-0.2, -0.15) is 0 Å². The van der Waals surface area contributed by atoms with Crippen LogP contribution >= 0.6 is 11.8 Å². The van der Waals surface area contributed by atoms with E-state index in [-0.39, 0.29) is 17.7 Å². The lowest BCUT2D eigenvalue weighted by molar-refractivity contribution is -0.123. The molecule has 3 aromatic carbocycles. The molecule has 5 nitrogen and oxygen atoms in total. The van der Waals surface area contributed by atoms with Crippen LogP contribution in [-0.2, 0) is 11.3 Å². The Morgan fingerprint density at radius 2 is 1.61 bits per heavy atom. The number of thioether (sulfide) groups is 1. The lowest BCUT2D eigenvalue weighted by Crippen LogP contribution is -2.27. The summed E-state index contributed by atoms with van der Waals surface area (Å²) in [4.78, 5) is 38.8. The molecular weight excluding hydrogens is 410 g/mol. The van der Waals surface area contributed by atoms with Crippen LogP contribution in [0, 0.1) is 6.92 Å². The third-order valence-corrected chi connectivity index (χ3v) is 5.64. The number of amides is 2. The number of esters is 1. The van der Waals surface area contributed by atoms with Crippen LogP contribution in [0.25, 0.3) is 6.08 Å². The van der Waals surface area contributed by atoms with Crippen molar-refractivity contribution in [3.8, 4) is 5.75 Å². The Morgan fingerprint density at radius 1 is 0.935 bits per heavy atom. The summed E-state index contributed by atoms with van der Waals surface area (Å²) in [5.41, 5.74) is 3.17. The Hall–Kier alpha value is -3.64. The second kappa shape index (κ2) is 9.02. The van der Waals surface area contributed by atoms with E-state index in [1.807, 2.05) is 49.4 Å². The highest BCUT2D eigenvalue weighted by Gasteiger charge is 2.34. The maximum absolute atomic E-state index is 12.7. The van der Waals surface area contributed by atoms with Crippen molar-refractivity contribution in [3.05, 3.63) is 106 Å². The van der Waals surface area contributed by atoms with Crippen LogP contribution in [0.2, 0.25) is 0 Å². The summed E-state index contributed by atoms with van der Waals surface area (Å²) in [6.45, 7) is 2.20. The third-order valence-electron chi connectivity index (χ3n) is 4.73. The van der Waals surface area contributed by atoms with Crippen LogP contribution in [0.3, 0.4) is 0 Å². The molecule has 4 rings (SSSR count). The second-order valence-corrected chi connectivity index (χ2v) is 8.07. The number of imide groups is 1. The molecular formula is C25H19NO4S. The topological polar surface area (TPSA) is 63.7 Å². The van der Waals surface area contributed by atoms with E-state index in [0.717, 1.165) is 28.5 Å². The number of nitrogens with zero attached hydrogens (tertiary/aromatic N) is 1. The zero-order valence-corrected chi connectivity index (χ0v) is 17.6. The van der Waals surface area contributed by atoms with Crippen molar-refractivity contribution in [2.75, 3.05) is 0 Å². The molecule has 0 radical (unpaired) electrons. The summed E-state index contributed by atoms with van der Waals surface area (Å²) >= 11 is 0.922. The van der Waals surface area contributed by atoms with Gasteiger partial charge in [0, 0.05) is 0 Å². The number of carbonyl (C=O) groups excluding carboxylic acids is 3. The molecule has 1 heterocycles. The summed E-state index contributed by atoms with van der Waals surface area (Å²) in [6, 6.07) is 23.3. The Morgan fingerprint density at radius 3 is 2.29 bits per heavy atom. The second-order valence-electron chi connectivity index (χ2n) is 7.08. The smallest absolute Gasteiger partial charge is 0.343 e. The molecule has 2 amide bonds. The SMILES string of the molecule is Cc1ccc(C(=O)Oc2ccc(/C=C3\SC(=O)N(Cc4ccccc4)C3=O)cc2)cc1. The molecule has 154 valence electrons. The standard InChI is InChI=1S/C25H19NO4S/c1-17-7-11-20(12-8-17)24(28)30-21-13-9-18(10-14-21)15-22-23(27)26(25(29)31-22)16-19-5-3-2-4-6-19/h2-15H,16H2,1H3/b22-15-. The number of carbonyl (C=O) groups is 3. The number of ether oxygens (including phenoxy) is 1. The first-order valence-corrected chi connectivity index (χ1v) is 10.5. The van der Waals surface area contributed by atoms with Crippen LogP contribution in [-0.4, -0.2) is 22.0 Å². The van der Waals surface area contributed by atoms with Gasteiger partial charge < -0.3 is 4.74 Å². The van der Waals surface area contributed by atoms with Crippen molar-refractivity contribution in [3.63, 3.8) is 0 Å². The predicted octanol–water partition coefficient (Wildman–Crippen LogP) is 5.45. The Bertz CT molecular complexity index is 1150. The maximum atomic E-state index is 12.7. The summed E-state index contributed by atoms with van der Waals surface area (Å²) < 4.78 is 5.39. The lowest BCUT2D eigenvalue weighted by atomic mass is 10.1. The molecule has 0 spiro atoms. The molecule has 0 bridgehead atoms. The summed E-state index contributed by atoms with van der Waals surface area (Å²) in [6.07, 6.45) is 1.67. The fourth-order valence-electron chi connectivity index (χ4n) is 3.04. The van der Waals surface area contributed by atoms with E-state index in [9.17, 15) is 14.4 Å². The monoisotopic (exact) mass is 429 g/mol. The van der Waals surface area contributed by atoms with Gasteiger partial charge in [0.1, 0.15) is 5.75 Å². The molecule has 0 unspecified atom stereocenters. The maximum Gasteiger partial charge on any atom is 0.343 e. The normalized spacial score (nSPS) is 14.9. The average molecular weight is 429 g/mol. The van der Waals surface area contributed by atoms with Gasteiger partial charge >= 0.3 is 5.97 Å². The van der Waals surface area contributed by atoms with Crippen LogP contribution in [0.5, 0.6) is 5.75 Å². The summed E-state index contributed by atoms with van der Waals surface area (Å²) in [5.74, 6) is -0.344. The number of hydrogen-bond acceptors (Lipinski definition) is 5. The van der Waals surface area contributed by atoms with Gasteiger partial charge in [0.15, 0.2) is 0 Å². The first-order valence-electron chi connectivity index (χ1n) is 9.68. The van der Waals surface area contributed by atoms with Gasteiger partial charge in [-0.25, -0.2) is 4.79 Å². The number of rotatable bonds is 5. The number of benzene rings is 3. The van der Waals surface area contributed by atoms with Gasteiger partial charge in [-0.3, -0.25) is 14.5 Å². The van der Waals surface area contributed by atoms with E-state index in [0.29, 0.717) is 16.2 Å². The van der Waals surface area contributed by atoms with E-state index in [2.05, 4.69) is 0 Å². The quantitative estimate of drug-likeness (QED) is 0.307. The molecule has 0 atom stereocenters. The van der Waals surface area contributed by atoms with E-state index >= 15 is 0 Å². The van der Waals surface area contributed by atoms with Crippen molar-refractivity contribution in [1.82, 2.24) is 4.90 Å². The fourth-order valence-corrected chi connectivity index (χ4v) is 3.88. The summed E-state index contributed by atoms with van der Waals surface area (Å²) in [5, 5.41) is -0.288. The number of hydrogen-bond donors (Lipinski definition) is 0. The van der Waals surface area contributed by atoms with Crippen LogP contribution in [0.1, 0.15) is 27.0 Å². The first kappa shape index (κ1) is 20.6. The van der Waals surface area contributed by atoms with E-state index in [1.165, 1.54) is 4.90 Å². The zero-order valence-electron chi connectivity index (χ0n) is 16.8. The largest absolute Gasteiger partial charge is 0.423 e. The van der Waals surface area contributed by atoms with E-state index in [4.69, 9.17) is 4.74 Å². The van der Waals surface area contributed by atoms with Crippen molar-refractivity contribution < 1.29 is 19.1 Å². The molecule has 0 saturated carbocycles. The highest BCUT2D eigenvalue weighted by Crippen LogP contribution is 2.33. The Kier molecular flexibility index (Phi) is 6.00. The van der Waals surface area contributed by atoms with Gasteiger partial charge in [-0.15, -0.1) is 0 Å². The van der Waals surface area contributed by atoms with Crippen LogP contribution in [0.15, 0.2) is 83.8 Å². The van der Waals surface area contributed by atoms with Crippen molar-refractivity contribution in [2.45, 2.75) is 13.5 Å². The molecule has 0 N–H and O–H groups in total.